The molecule has 6 heteroatoms. The predicted molar refractivity (Wildman–Crippen MR) is 88.3 cm³/mol. The number of benzene rings is 2. The van der Waals surface area contributed by atoms with Gasteiger partial charge in [-0.1, -0.05) is 18.2 Å². The monoisotopic (exact) mass is 309 g/mol. The lowest BCUT2D eigenvalue weighted by Gasteiger charge is -2.17. The molecule has 0 aliphatic rings. The van der Waals surface area contributed by atoms with E-state index in [1.807, 2.05) is 25.1 Å². The van der Waals surface area contributed by atoms with Crippen molar-refractivity contribution < 1.29 is 9.66 Å². The minimum absolute atomic E-state index is 0.0637. The molecule has 0 fully saturated rings. The number of nitrogens with two attached hydrogens (primary N) is 1. The number of rotatable bonds is 4. The second-order valence-corrected chi connectivity index (χ2v) is 5.16. The number of non-ortho nitro benzene ring substituents is 1. The van der Waals surface area contributed by atoms with Gasteiger partial charge < -0.3 is 10.5 Å². The third-order valence-electron chi connectivity index (χ3n) is 3.64. The van der Waals surface area contributed by atoms with Gasteiger partial charge in [0.05, 0.1) is 10.3 Å². The fourth-order valence-electron chi connectivity index (χ4n) is 2.49. The second-order valence-electron chi connectivity index (χ2n) is 5.16. The molecule has 116 valence electrons. The number of fused-ring (bicyclic) bond motifs is 1. The molecule has 1 heterocycles. The minimum Gasteiger partial charge on any atom is -0.485 e. The van der Waals surface area contributed by atoms with Crippen LogP contribution in [0.3, 0.4) is 0 Å². The molecule has 0 radical (unpaired) electrons. The van der Waals surface area contributed by atoms with E-state index in [2.05, 4.69) is 4.98 Å². The number of aromatic nitrogens is 1. The van der Waals surface area contributed by atoms with Gasteiger partial charge in [-0.15, -0.1) is 0 Å². The maximum absolute atomic E-state index is 11.2. The normalized spacial score (nSPS) is 12.0. The standard InChI is InChI=1S/C17H15N3O3/c1-11(12-8-9-19-17(18)10-12)23-16-7-6-15(20(21)22)13-4-2-3-5-14(13)16/h2-11H,1H3,(H2,18,19)/t11-/m1/s1. The van der Waals surface area contributed by atoms with Crippen molar-refractivity contribution in [3.05, 3.63) is 70.4 Å². The van der Waals surface area contributed by atoms with Crippen molar-refractivity contribution in [2.75, 3.05) is 5.73 Å². The van der Waals surface area contributed by atoms with Gasteiger partial charge in [-0.05, 0) is 36.8 Å². The summed E-state index contributed by atoms with van der Waals surface area (Å²) in [6.07, 6.45) is 1.36. The molecule has 0 saturated carbocycles. The Morgan fingerprint density at radius 3 is 2.61 bits per heavy atom. The van der Waals surface area contributed by atoms with Crippen LogP contribution >= 0.6 is 0 Å². The number of hydrogen-bond donors (Lipinski definition) is 1. The quantitative estimate of drug-likeness (QED) is 0.583. The maximum Gasteiger partial charge on any atom is 0.277 e. The van der Waals surface area contributed by atoms with Crippen LogP contribution in [0.4, 0.5) is 11.5 Å². The van der Waals surface area contributed by atoms with Gasteiger partial charge in [-0.2, -0.15) is 0 Å². The zero-order valence-corrected chi connectivity index (χ0v) is 12.5. The van der Waals surface area contributed by atoms with E-state index in [0.29, 0.717) is 22.3 Å². The fraction of sp³-hybridized carbons (Fsp3) is 0.118. The zero-order valence-electron chi connectivity index (χ0n) is 12.5. The molecule has 6 nitrogen and oxygen atoms in total. The van der Waals surface area contributed by atoms with Crippen molar-refractivity contribution in [2.45, 2.75) is 13.0 Å². The largest absolute Gasteiger partial charge is 0.485 e. The Kier molecular flexibility index (Phi) is 3.80. The predicted octanol–water partition coefficient (Wildman–Crippen LogP) is 3.87. The molecule has 3 aromatic rings. The molecule has 2 aromatic carbocycles. The van der Waals surface area contributed by atoms with Gasteiger partial charge in [0, 0.05) is 17.6 Å². The van der Waals surface area contributed by atoms with Crippen LogP contribution in [0.5, 0.6) is 5.75 Å². The Labute approximate surface area is 132 Å². The van der Waals surface area contributed by atoms with Gasteiger partial charge in [0.2, 0.25) is 0 Å². The summed E-state index contributed by atoms with van der Waals surface area (Å²) < 4.78 is 6.00. The third kappa shape index (κ3) is 2.91. The molecule has 0 aliphatic heterocycles. The van der Waals surface area contributed by atoms with Gasteiger partial charge in [0.1, 0.15) is 17.7 Å². The SMILES string of the molecule is C[C@@H](Oc1ccc([N+](=O)[O-])c2ccccc12)c1ccnc(N)c1. The van der Waals surface area contributed by atoms with Gasteiger partial charge in [-0.25, -0.2) is 4.98 Å². The Balaban J connectivity index is 2.01. The number of ether oxygens (including phenoxy) is 1. The van der Waals surface area contributed by atoms with E-state index < -0.39 is 0 Å². The topological polar surface area (TPSA) is 91.3 Å². The van der Waals surface area contributed by atoms with Crippen LogP contribution < -0.4 is 10.5 Å². The Morgan fingerprint density at radius 1 is 1.17 bits per heavy atom. The average Bonchev–Trinajstić information content (AvgIpc) is 2.54. The second kappa shape index (κ2) is 5.92. The summed E-state index contributed by atoms with van der Waals surface area (Å²) in [5.41, 5.74) is 6.64. The van der Waals surface area contributed by atoms with Crippen molar-refractivity contribution in [1.29, 1.82) is 0 Å². The number of nitrogen functional groups attached to an aromatic ring is 1. The van der Waals surface area contributed by atoms with Crippen molar-refractivity contribution in [3.8, 4) is 5.75 Å². The first kappa shape index (κ1) is 14.8. The van der Waals surface area contributed by atoms with Gasteiger partial charge >= 0.3 is 0 Å². The van der Waals surface area contributed by atoms with Crippen LogP contribution in [0.1, 0.15) is 18.6 Å². The summed E-state index contributed by atoms with van der Waals surface area (Å²) in [6, 6.07) is 13.8. The van der Waals surface area contributed by atoms with E-state index in [-0.39, 0.29) is 16.7 Å². The molecule has 1 aromatic heterocycles. The smallest absolute Gasteiger partial charge is 0.277 e. The summed E-state index contributed by atoms with van der Waals surface area (Å²) in [7, 11) is 0. The minimum atomic E-state index is -0.390. The lowest BCUT2D eigenvalue weighted by Crippen LogP contribution is -2.05. The Morgan fingerprint density at radius 2 is 1.91 bits per heavy atom. The Bertz CT molecular complexity index is 880. The van der Waals surface area contributed by atoms with Crippen molar-refractivity contribution in [1.82, 2.24) is 4.98 Å². The summed E-state index contributed by atoms with van der Waals surface area (Å²) in [5, 5.41) is 12.4. The van der Waals surface area contributed by atoms with Crippen LogP contribution in [0.25, 0.3) is 10.8 Å². The number of anilines is 1. The summed E-state index contributed by atoms with van der Waals surface area (Å²) in [4.78, 5) is 14.7. The molecule has 0 aliphatic carbocycles. The van der Waals surface area contributed by atoms with E-state index in [1.165, 1.54) is 6.07 Å². The lowest BCUT2D eigenvalue weighted by molar-refractivity contribution is -0.383. The van der Waals surface area contributed by atoms with Crippen molar-refractivity contribution in [2.24, 2.45) is 0 Å². The number of nitro groups is 1. The van der Waals surface area contributed by atoms with Crippen LogP contribution in [0, 0.1) is 10.1 Å². The fourth-order valence-corrected chi connectivity index (χ4v) is 2.49. The van der Waals surface area contributed by atoms with E-state index in [1.54, 1.807) is 30.5 Å². The molecule has 2 N–H and O–H groups in total. The highest BCUT2D eigenvalue weighted by atomic mass is 16.6. The first-order valence-electron chi connectivity index (χ1n) is 7.10. The summed E-state index contributed by atoms with van der Waals surface area (Å²) in [6.45, 7) is 1.89. The summed E-state index contributed by atoms with van der Waals surface area (Å²) >= 11 is 0. The molecule has 0 saturated heterocycles. The van der Waals surface area contributed by atoms with Crippen LogP contribution in [-0.4, -0.2) is 9.91 Å². The Hall–Kier alpha value is -3.15. The lowest BCUT2D eigenvalue weighted by atomic mass is 10.1. The number of nitro benzene ring substituents is 1. The van der Waals surface area contributed by atoms with E-state index in [0.717, 1.165) is 5.56 Å². The van der Waals surface area contributed by atoms with Crippen LogP contribution in [-0.2, 0) is 0 Å². The van der Waals surface area contributed by atoms with E-state index in [9.17, 15) is 10.1 Å². The molecular formula is C17H15N3O3. The zero-order chi connectivity index (χ0) is 16.4. The molecule has 0 unspecified atom stereocenters. The summed E-state index contributed by atoms with van der Waals surface area (Å²) in [5.74, 6) is 1.01. The highest BCUT2D eigenvalue weighted by Crippen LogP contribution is 2.35. The average molecular weight is 309 g/mol. The molecular weight excluding hydrogens is 294 g/mol. The number of hydrogen-bond acceptors (Lipinski definition) is 5. The third-order valence-corrected chi connectivity index (χ3v) is 3.64. The first-order valence-corrected chi connectivity index (χ1v) is 7.10. The maximum atomic E-state index is 11.2. The van der Waals surface area contributed by atoms with Crippen LogP contribution in [0.15, 0.2) is 54.7 Å². The molecule has 1 atom stereocenters. The molecule has 3 rings (SSSR count). The highest BCUT2D eigenvalue weighted by Gasteiger charge is 2.16. The van der Waals surface area contributed by atoms with Gasteiger partial charge in [0.15, 0.2) is 0 Å². The highest BCUT2D eigenvalue weighted by molar-refractivity contribution is 5.95. The first-order chi connectivity index (χ1) is 11.1. The molecule has 23 heavy (non-hydrogen) atoms. The van der Waals surface area contributed by atoms with Crippen molar-refractivity contribution >= 4 is 22.3 Å². The molecule has 0 amide bonds. The van der Waals surface area contributed by atoms with Crippen molar-refractivity contribution in [3.63, 3.8) is 0 Å². The molecule has 0 bridgehead atoms. The van der Waals surface area contributed by atoms with Gasteiger partial charge in [0.25, 0.3) is 5.69 Å². The van der Waals surface area contributed by atoms with E-state index >= 15 is 0 Å². The van der Waals surface area contributed by atoms with E-state index in [4.69, 9.17) is 10.5 Å². The number of pyridine rings is 1. The van der Waals surface area contributed by atoms with Crippen LogP contribution in [0.2, 0.25) is 0 Å². The number of nitrogens with zero attached hydrogens (tertiary/aromatic N) is 2. The molecule has 0 spiro atoms. The van der Waals surface area contributed by atoms with Gasteiger partial charge in [-0.3, -0.25) is 10.1 Å².